The summed E-state index contributed by atoms with van der Waals surface area (Å²) >= 11 is 0. The van der Waals surface area contributed by atoms with E-state index in [-0.39, 0.29) is 23.4 Å². The Morgan fingerprint density at radius 3 is 2.65 bits per heavy atom. The van der Waals surface area contributed by atoms with E-state index in [9.17, 15) is 22.4 Å². The monoisotopic (exact) mass is 372 g/mol. The predicted molar refractivity (Wildman–Crippen MR) is 89.8 cm³/mol. The Balaban J connectivity index is 1.77. The van der Waals surface area contributed by atoms with Crippen LogP contribution < -0.4 is 0 Å². The number of carbonyl (C=O) groups excluding carboxylic acids is 1. The van der Waals surface area contributed by atoms with Gasteiger partial charge in [0.25, 0.3) is 0 Å². The van der Waals surface area contributed by atoms with Crippen molar-refractivity contribution in [1.82, 2.24) is 9.80 Å². The molecular weight excluding hydrogens is 348 g/mol. The molecule has 3 nitrogen and oxygen atoms in total. The summed E-state index contributed by atoms with van der Waals surface area (Å²) < 4.78 is 53.3. The molecule has 1 aromatic rings. The minimum absolute atomic E-state index is 0.0196. The second-order valence-corrected chi connectivity index (χ2v) is 7.52. The molecule has 2 heterocycles. The van der Waals surface area contributed by atoms with Gasteiger partial charge < -0.3 is 4.90 Å². The quantitative estimate of drug-likeness (QED) is 0.747. The van der Waals surface area contributed by atoms with Crippen molar-refractivity contribution in [3.63, 3.8) is 0 Å². The molecule has 26 heavy (non-hydrogen) atoms. The molecule has 2 saturated heterocycles. The first-order valence-corrected chi connectivity index (χ1v) is 9.08. The molecule has 0 bridgehead atoms. The Hall–Kier alpha value is -1.63. The highest BCUT2D eigenvalue weighted by Gasteiger charge is 2.42. The summed E-state index contributed by atoms with van der Waals surface area (Å²) in [5, 5.41) is 0. The average molecular weight is 372 g/mol. The van der Waals surface area contributed by atoms with E-state index in [1.54, 1.807) is 0 Å². The summed E-state index contributed by atoms with van der Waals surface area (Å²) in [6, 6.07) is 2.67. The van der Waals surface area contributed by atoms with Gasteiger partial charge in [-0.1, -0.05) is 0 Å². The van der Waals surface area contributed by atoms with Crippen LogP contribution in [0.5, 0.6) is 0 Å². The standard InChI is InChI=1S/C19H24F4N2O/c1-2-25-13-18(8-6-17(25)26)7-3-9-24(12-18)11-14-10-15(20)4-5-16(14)19(21,22)23/h4-5,10H,2-3,6-9,11-13H2,1H3/t18-/m0/s1. The Morgan fingerprint density at radius 2 is 1.96 bits per heavy atom. The molecule has 0 aliphatic carbocycles. The largest absolute Gasteiger partial charge is 0.416 e. The zero-order valence-electron chi connectivity index (χ0n) is 14.9. The van der Waals surface area contributed by atoms with Crippen molar-refractivity contribution in [3.05, 3.63) is 35.1 Å². The fourth-order valence-electron chi connectivity index (χ4n) is 4.38. The molecule has 3 rings (SSSR count). The van der Waals surface area contributed by atoms with Crippen LogP contribution in [0.2, 0.25) is 0 Å². The lowest BCUT2D eigenvalue weighted by Crippen LogP contribution is -2.53. The molecule has 2 fully saturated rings. The second-order valence-electron chi connectivity index (χ2n) is 7.52. The lowest BCUT2D eigenvalue weighted by atomic mass is 9.73. The van der Waals surface area contributed by atoms with Gasteiger partial charge in [-0.3, -0.25) is 9.69 Å². The van der Waals surface area contributed by atoms with E-state index < -0.39 is 17.6 Å². The van der Waals surface area contributed by atoms with Gasteiger partial charge in [0.1, 0.15) is 5.82 Å². The number of hydrogen-bond acceptors (Lipinski definition) is 2. The molecule has 0 saturated carbocycles. The highest BCUT2D eigenvalue weighted by Crippen LogP contribution is 2.40. The van der Waals surface area contributed by atoms with Crippen LogP contribution in [0, 0.1) is 11.2 Å². The van der Waals surface area contributed by atoms with E-state index in [2.05, 4.69) is 0 Å². The van der Waals surface area contributed by atoms with Crippen LogP contribution in [0.25, 0.3) is 0 Å². The molecule has 7 heteroatoms. The topological polar surface area (TPSA) is 23.6 Å². The molecule has 1 spiro atoms. The van der Waals surface area contributed by atoms with Crippen molar-refractivity contribution < 1.29 is 22.4 Å². The smallest absolute Gasteiger partial charge is 0.342 e. The summed E-state index contributed by atoms with van der Waals surface area (Å²) in [6.45, 7) is 4.67. The Bertz CT molecular complexity index is 676. The van der Waals surface area contributed by atoms with Crippen molar-refractivity contribution in [2.24, 2.45) is 5.41 Å². The molecule has 0 N–H and O–H groups in total. The van der Waals surface area contributed by atoms with Gasteiger partial charge >= 0.3 is 6.18 Å². The Kier molecular flexibility index (Phi) is 5.28. The maximum atomic E-state index is 13.5. The maximum Gasteiger partial charge on any atom is 0.416 e. The number of piperidine rings is 2. The number of halogens is 4. The third-order valence-electron chi connectivity index (χ3n) is 5.64. The molecule has 0 unspecified atom stereocenters. The number of nitrogens with zero attached hydrogens (tertiary/aromatic N) is 2. The highest BCUT2D eigenvalue weighted by atomic mass is 19.4. The minimum Gasteiger partial charge on any atom is -0.342 e. The molecular formula is C19H24F4N2O. The van der Waals surface area contributed by atoms with Crippen LogP contribution in [0.1, 0.15) is 43.7 Å². The maximum absolute atomic E-state index is 13.5. The summed E-state index contributed by atoms with van der Waals surface area (Å²) in [7, 11) is 0. The number of rotatable bonds is 3. The van der Waals surface area contributed by atoms with E-state index >= 15 is 0 Å². The third-order valence-corrected chi connectivity index (χ3v) is 5.64. The SMILES string of the molecule is CCN1C[C@@]2(CCCN(Cc3cc(F)ccc3C(F)(F)F)C2)CCC1=O. The number of benzene rings is 1. The summed E-state index contributed by atoms with van der Waals surface area (Å²) in [6.07, 6.45) is -1.37. The van der Waals surface area contributed by atoms with E-state index in [4.69, 9.17) is 0 Å². The Labute approximate surface area is 151 Å². The van der Waals surface area contributed by atoms with Crippen molar-refractivity contribution in [3.8, 4) is 0 Å². The highest BCUT2D eigenvalue weighted by molar-refractivity contribution is 5.77. The van der Waals surface area contributed by atoms with Gasteiger partial charge in [-0.15, -0.1) is 0 Å². The zero-order chi connectivity index (χ0) is 18.9. The van der Waals surface area contributed by atoms with Gasteiger partial charge in [0, 0.05) is 38.0 Å². The lowest BCUT2D eigenvalue weighted by Gasteiger charge is -2.48. The molecule has 144 valence electrons. The predicted octanol–water partition coefficient (Wildman–Crippen LogP) is 4.07. The number of amides is 1. The first kappa shape index (κ1) is 19.1. The number of alkyl halides is 3. The molecule has 2 aliphatic rings. The molecule has 1 atom stereocenters. The average Bonchev–Trinajstić information content (AvgIpc) is 2.56. The normalized spacial score (nSPS) is 25.1. The van der Waals surface area contributed by atoms with Gasteiger partial charge in [-0.2, -0.15) is 13.2 Å². The fraction of sp³-hybridized carbons (Fsp3) is 0.632. The number of carbonyl (C=O) groups is 1. The van der Waals surface area contributed by atoms with Gasteiger partial charge in [-0.05, 0) is 56.5 Å². The van der Waals surface area contributed by atoms with Crippen LogP contribution in [0.15, 0.2) is 18.2 Å². The van der Waals surface area contributed by atoms with Crippen LogP contribution >= 0.6 is 0 Å². The van der Waals surface area contributed by atoms with E-state index in [1.165, 1.54) is 0 Å². The second kappa shape index (κ2) is 7.18. The van der Waals surface area contributed by atoms with Crippen molar-refractivity contribution >= 4 is 5.91 Å². The van der Waals surface area contributed by atoms with E-state index in [1.807, 2.05) is 16.7 Å². The van der Waals surface area contributed by atoms with Crippen LogP contribution in [-0.4, -0.2) is 41.9 Å². The van der Waals surface area contributed by atoms with Gasteiger partial charge in [0.05, 0.1) is 5.56 Å². The van der Waals surface area contributed by atoms with Crippen LogP contribution in [-0.2, 0) is 17.5 Å². The zero-order valence-corrected chi connectivity index (χ0v) is 14.9. The van der Waals surface area contributed by atoms with Crippen LogP contribution in [0.4, 0.5) is 17.6 Å². The van der Waals surface area contributed by atoms with Crippen molar-refractivity contribution in [2.75, 3.05) is 26.2 Å². The number of likely N-dealkylation sites (tertiary alicyclic amines) is 2. The van der Waals surface area contributed by atoms with Crippen LogP contribution in [0.3, 0.4) is 0 Å². The molecule has 2 aliphatic heterocycles. The van der Waals surface area contributed by atoms with E-state index in [0.717, 1.165) is 37.5 Å². The first-order chi connectivity index (χ1) is 12.2. The summed E-state index contributed by atoms with van der Waals surface area (Å²) in [5.41, 5.74) is -0.852. The molecule has 0 radical (unpaired) electrons. The summed E-state index contributed by atoms with van der Waals surface area (Å²) in [5.74, 6) is -0.500. The third kappa shape index (κ3) is 4.03. The van der Waals surface area contributed by atoms with Gasteiger partial charge in [-0.25, -0.2) is 4.39 Å². The first-order valence-electron chi connectivity index (χ1n) is 9.08. The van der Waals surface area contributed by atoms with Gasteiger partial charge in [0.2, 0.25) is 5.91 Å². The lowest BCUT2D eigenvalue weighted by molar-refractivity contribution is -0.140. The molecule has 0 aromatic heterocycles. The number of hydrogen-bond donors (Lipinski definition) is 0. The fourth-order valence-corrected chi connectivity index (χ4v) is 4.38. The Morgan fingerprint density at radius 1 is 1.19 bits per heavy atom. The summed E-state index contributed by atoms with van der Waals surface area (Å²) in [4.78, 5) is 15.8. The minimum atomic E-state index is -4.49. The van der Waals surface area contributed by atoms with E-state index in [0.29, 0.717) is 32.6 Å². The van der Waals surface area contributed by atoms with Crippen molar-refractivity contribution in [1.29, 1.82) is 0 Å². The molecule has 1 amide bonds. The molecule has 1 aromatic carbocycles. The van der Waals surface area contributed by atoms with Crippen molar-refractivity contribution in [2.45, 2.75) is 45.3 Å². The van der Waals surface area contributed by atoms with Gasteiger partial charge in [0.15, 0.2) is 0 Å².